The minimum Gasteiger partial charge on any atom is -0.476 e. The Morgan fingerprint density at radius 2 is 1.95 bits per heavy atom. The van der Waals surface area contributed by atoms with Gasteiger partial charge in [0.1, 0.15) is 5.82 Å². The third-order valence-corrected chi connectivity index (χ3v) is 2.44. The molecule has 94 valence electrons. The van der Waals surface area contributed by atoms with Crippen molar-refractivity contribution in [1.82, 2.24) is 10.2 Å². The highest BCUT2D eigenvalue weighted by atomic mass is 16.4. The molecule has 0 atom stereocenters. The molecule has 0 aliphatic heterocycles. The van der Waals surface area contributed by atoms with Gasteiger partial charge in [-0.3, -0.25) is 0 Å². The fourth-order valence-corrected chi connectivity index (χ4v) is 1.43. The second kappa shape index (κ2) is 5.60. The second-order valence-corrected chi connectivity index (χ2v) is 3.77. The molecule has 6 nitrogen and oxygen atoms in total. The molecule has 0 radical (unpaired) electrons. The van der Waals surface area contributed by atoms with Crippen LogP contribution >= 0.6 is 0 Å². The van der Waals surface area contributed by atoms with Gasteiger partial charge in [-0.1, -0.05) is 12.1 Å². The molecule has 19 heavy (non-hydrogen) atoms. The summed E-state index contributed by atoms with van der Waals surface area (Å²) in [7, 11) is 0. The van der Waals surface area contributed by atoms with Crippen molar-refractivity contribution < 1.29 is 9.90 Å². The number of carboxylic acid groups (broad SMARTS) is 1. The average Bonchev–Trinajstić information content (AvgIpc) is 2.46. The molecule has 1 heterocycles. The normalized spacial score (nSPS) is 9.63. The molecule has 1 aromatic heterocycles. The molecule has 0 saturated carbocycles. The van der Waals surface area contributed by atoms with Crippen molar-refractivity contribution in [3.63, 3.8) is 0 Å². The highest BCUT2D eigenvalue weighted by molar-refractivity contribution is 5.85. The van der Waals surface area contributed by atoms with E-state index in [1.54, 1.807) is 18.2 Å². The second-order valence-electron chi connectivity index (χ2n) is 3.77. The summed E-state index contributed by atoms with van der Waals surface area (Å²) in [5.74, 6) is -0.611. The summed E-state index contributed by atoms with van der Waals surface area (Å²) in [6.07, 6.45) is 0. The molecular weight excluding hydrogens is 244 g/mol. The van der Waals surface area contributed by atoms with Gasteiger partial charge in [-0.15, -0.1) is 10.2 Å². The third kappa shape index (κ3) is 3.26. The molecular formula is C13H10N4O2. The van der Waals surface area contributed by atoms with Gasteiger partial charge in [0, 0.05) is 6.54 Å². The summed E-state index contributed by atoms with van der Waals surface area (Å²) in [5, 5.41) is 27.7. The predicted octanol–water partition coefficient (Wildman–Crippen LogP) is 1.66. The molecule has 0 amide bonds. The van der Waals surface area contributed by atoms with Gasteiger partial charge in [0.05, 0.1) is 11.6 Å². The number of carboxylic acids is 1. The van der Waals surface area contributed by atoms with E-state index in [2.05, 4.69) is 15.5 Å². The maximum Gasteiger partial charge on any atom is 0.356 e. The number of nitrogens with one attached hydrogen (secondary N) is 1. The molecule has 0 aliphatic carbocycles. The van der Waals surface area contributed by atoms with E-state index in [9.17, 15) is 4.79 Å². The van der Waals surface area contributed by atoms with Crippen LogP contribution in [0.1, 0.15) is 21.6 Å². The quantitative estimate of drug-likeness (QED) is 0.860. The number of rotatable bonds is 4. The number of anilines is 1. The van der Waals surface area contributed by atoms with E-state index in [0.29, 0.717) is 17.9 Å². The predicted molar refractivity (Wildman–Crippen MR) is 67.5 cm³/mol. The number of benzene rings is 1. The highest BCUT2D eigenvalue weighted by Gasteiger charge is 2.04. The van der Waals surface area contributed by atoms with E-state index in [0.717, 1.165) is 5.56 Å². The summed E-state index contributed by atoms with van der Waals surface area (Å²) < 4.78 is 0. The summed E-state index contributed by atoms with van der Waals surface area (Å²) >= 11 is 0. The first-order valence-electron chi connectivity index (χ1n) is 5.49. The molecule has 1 aromatic carbocycles. The summed E-state index contributed by atoms with van der Waals surface area (Å²) in [5.41, 5.74) is 1.50. The number of aromatic carboxylic acids is 1. The first-order valence-corrected chi connectivity index (χ1v) is 5.49. The van der Waals surface area contributed by atoms with Gasteiger partial charge in [0.25, 0.3) is 0 Å². The van der Waals surface area contributed by atoms with E-state index < -0.39 is 5.97 Å². The van der Waals surface area contributed by atoms with Crippen LogP contribution in [0.5, 0.6) is 0 Å². The Hall–Kier alpha value is -2.94. The smallest absolute Gasteiger partial charge is 0.356 e. The maximum atomic E-state index is 10.6. The molecule has 0 bridgehead atoms. The molecule has 0 spiro atoms. The van der Waals surface area contributed by atoms with Crippen molar-refractivity contribution >= 4 is 11.8 Å². The van der Waals surface area contributed by atoms with Gasteiger partial charge in [-0.2, -0.15) is 5.26 Å². The Kier molecular flexibility index (Phi) is 3.69. The minimum absolute atomic E-state index is 0.0936. The Morgan fingerprint density at radius 3 is 2.47 bits per heavy atom. The Labute approximate surface area is 109 Å². The van der Waals surface area contributed by atoms with Gasteiger partial charge in [-0.05, 0) is 29.8 Å². The molecule has 2 aromatic rings. The fourth-order valence-electron chi connectivity index (χ4n) is 1.43. The first kappa shape index (κ1) is 12.5. The zero-order valence-corrected chi connectivity index (χ0v) is 9.87. The zero-order valence-electron chi connectivity index (χ0n) is 9.87. The standard InChI is InChI=1S/C13H10N4O2/c14-7-9-1-3-10(4-2-9)8-15-12-6-5-11(13(18)19)16-17-12/h1-6H,8H2,(H,15,17)(H,18,19). The van der Waals surface area contributed by atoms with Gasteiger partial charge in [0.2, 0.25) is 0 Å². The summed E-state index contributed by atoms with van der Waals surface area (Å²) in [6.45, 7) is 0.521. The molecule has 0 fully saturated rings. The first-order chi connectivity index (χ1) is 9.19. The van der Waals surface area contributed by atoms with E-state index >= 15 is 0 Å². The molecule has 2 N–H and O–H groups in total. The van der Waals surface area contributed by atoms with Crippen LogP contribution in [0.4, 0.5) is 5.82 Å². The maximum absolute atomic E-state index is 10.6. The monoisotopic (exact) mass is 254 g/mol. The minimum atomic E-state index is -1.11. The average molecular weight is 254 g/mol. The van der Waals surface area contributed by atoms with Crippen molar-refractivity contribution in [3.05, 3.63) is 53.2 Å². The van der Waals surface area contributed by atoms with Crippen LogP contribution in [0, 0.1) is 11.3 Å². The van der Waals surface area contributed by atoms with E-state index in [-0.39, 0.29) is 5.69 Å². The Morgan fingerprint density at radius 1 is 1.21 bits per heavy atom. The number of aromatic nitrogens is 2. The van der Waals surface area contributed by atoms with Crippen molar-refractivity contribution in [1.29, 1.82) is 5.26 Å². The zero-order chi connectivity index (χ0) is 13.7. The van der Waals surface area contributed by atoms with Crippen LogP contribution in [0.15, 0.2) is 36.4 Å². The van der Waals surface area contributed by atoms with Crippen LogP contribution in [-0.2, 0) is 6.54 Å². The fraction of sp³-hybridized carbons (Fsp3) is 0.0769. The molecule has 2 rings (SSSR count). The Balaban J connectivity index is 1.98. The molecule has 0 unspecified atom stereocenters. The van der Waals surface area contributed by atoms with Crippen molar-refractivity contribution in [3.8, 4) is 6.07 Å². The largest absolute Gasteiger partial charge is 0.476 e. The lowest BCUT2D eigenvalue weighted by molar-refractivity contribution is 0.0689. The molecule has 0 aliphatic rings. The van der Waals surface area contributed by atoms with E-state index in [1.807, 2.05) is 18.2 Å². The number of nitriles is 1. The Bertz CT molecular complexity index is 615. The SMILES string of the molecule is N#Cc1ccc(CNc2ccc(C(=O)O)nn2)cc1. The van der Waals surface area contributed by atoms with Gasteiger partial charge >= 0.3 is 5.97 Å². The lowest BCUT2D eigenvalue weighted by atomic mass is 10.1. The lowest BCUT2D eigenvalue weighted by Gasteiger charge is -2.05. The number of nitrogens with zero attached hydrogens (tertiary/aromatic N) is 3. The molecule has 6 heteroatoms. The van der Waals surface area contributed by atoms with Gasteiger partial charge < -0.3 is 10.4 Å². The molecule has 0 saturated heterocycles. The van der Waals surface area contributed by atoms with Crippen LogP contribution in [0.25, 0.3) is 0 Å². The van der Waals surface area contributed by atoms with E-state index in [4.69, 9.17) is 10.4 Å². The number of carbonyl (C=O) groups is 1. The van der Waals surface area contributed by atoms with Crippen molar-refractivity contribution in [2.24, 2.45) is 0 Å². The van der Waals surface area contributed by atoms with Crippen LogP contribution < -0.4 is 5.32 Å². The summed E-state index contributed by atoms with van der Waals surface area (Å²) in [4.78, 5) is 10.6. The van der Waals surface area contributed by atoms with Crippen LogP contribution in [0.2, 0.25) is 0 Å². The van der Waals surface area contributed by atoms with Crippen molar-refractivity contribution in [2.45, 2.75) is 6.54 Å². The highest BCUT2D eigenvalue weighted by Crippen LogP contribution is 2.07. The van der Waals surface area contributed by atoms with Crippen LogP contribution in [-0.4, -0.2) is 21.3 Å². The van der Waals surface area contributed by atoms with Gasteiger partial charge in [0.15, 0.2) is 5.69 Å². The third-order valence-electron chi connectivity index (χ3n) is 2.44. The number of hydrogen-bond donors (Lipinski definition) is 2. The lowest BCUT2D eigenvalue weighted by Crippen LogP contribution is -2.06. The summed E-state index contributed by atoms with van der Waals surface area (Å²) in [6, 6.07) is 12.1. The van der Waals surface area contributed by atoms with Gasteiger partial charge in [-0.25, -0.2) is 4.79 Å². The van der Waals surface area contributed by atoms with Crippen molar-refractivity contribution in [2.75, 3.05) is 5.32 Å². The van der Waals surface area contributed by atoms with E-state index in [1.165, 1.54) is 6.07 Å². The topological polar surface area (TPSA) is 98.9 Å². The van der Waals surface area contributed by atoms with Crippen LogP contribution in [0.3, 0.4) is 0 Å². The number of hydrogen-bond acceptors (Lipinski definition) is 5.